The fraction of sp³-hybridized carbons (Fsp3) is 0.467. The van der Waals surface area contributed by atoms with Crippen LogP contribution in [0.25, 0.3) is 0 Å². The Labute approximate surface area is 118 Å². The molecule has 2 rings (SSSR count). The summed E-state index contributed by atoms with van der Waals surface area (Å²) in [7, 11) is 0. The summed E-state index contributed by atoms with van der Waals surface area (Å²) >= 11 is 0. The Morgan fingerprint density at radius 2 is 2.10 bits per heavy atom. The molecule has 1 aliphatic rings. The molecule has 20 heavy (non-hydrogen) atoms. The third kappa shape index (κ3) is 3.98. The maximum absolute atomic E-state index is 11.7. The molecule has 5 heteroatoms. The predicted octanol–water partition coefficient (Wildman–Crippen LogP) is 3.00. The second-order valence-electron chi connectivity index (χ2n) is 5.27. The lowest BCUT2D eigenvalue weighted by molar-refractivity contribution is 0.0697. The van der Waals surface area contributed by atoms with Crippen molar-refractivity contribution in [3.8, 4) is 0 Å². The summed E-state index contributed by atoms with van der Waals surface area (Å²) in [6.07, 6.45) is 4.76. The van der Waals surface area contributed by atoms with Gasteiger partial charge >= 0.3 is 12.0 Å². The van der Waals surface area contributed by atoms with Crippen molar-refractivity contribution in [1.82, 2.24) is 5.32 Å². The van der Waals surface area contributed by atoms with E-state index >= 15 is 0 Å². The summed E-state index contributed by atoms with van der Waals surface area (Å²) in [4.78, 5) is 22.9. The molecule has 0 aliphatic heterocycles. The second-order valence-corrected chi connectivity index (χ2v) is 5.27. The first kappa shape index (κ1) is 14.4. The van der Waals surface area contributed by atoms with E-state index in [2.05, 4.69) is 10.6 Å². The quantitative estimate of drug-likeness (QED) is 0.699. The molecule has 2 amide bonds. The van der Waals surface area contributed by atoms with Crippen molar-refractivity contribution >= 4 is 17.7 Å². The standard InChI is InChI=1S/C15H20N2O3/c1-10-4-2-6-12(13(10)14(18)19)17-15(20)16-9-3-5-11-7-8-11/h2,4,6,11H,3,5,7-9H2,1H3,(H,18,19)(H2,16,17,20). The lowest BCUT2D eigenvalue weighted by atomic mass is 10.1. The van der Waals surface area contributed by atoms with E-state index in [0.717, 1.165) is 18.8 Å². The highest BCUT2D eigenvalue weighted by Gasteiger charge is 2.20. The number of urea groups is 1. The number of aromatic carboxylic acids is 1. The van der Waals surface area contributed by atoms with E-state index in [-0.39, 0.29) is 11.6 Å². The van der Waals surface area contributed by atoms with Gasteiger partial charge in [0.2, 0.25) is 0 Å². The summed E-state index contributed by atoms with van der Waals surface area (Å²) in [5.74, 6) is -0.178. The first-order valence-corrected chi connectivity index (χ1v) is 6.95. The molecule has 108 valence electrons. The van der Waals surface area contributed by atoms with Gasteiger partial charge in [-0.15, -0.1) is 0 Å². The molecule has 0 radical (unpaired) electrons. The second kappa shape index (κ2) is 6.41. The Morgan fingerprint density at radius 1 is 1.35 bits per heavy atom. The largest absolute Gasteiger partial charge is 0.478 e. The molecule has 0 aromatic heterocycles. The van der Waals surface area contributed by atoms with Crippen LogP contribution in [0.3, 0.4) is 0 Å². The van der Waals surface area contributed by atoms with Crippen molar-refractivity contribution in [2.45, 2.75) is 32.6 Å². The van der Waals surface area contributed by atoms with Gasteiger partial charge in [-0.3, -0.25) is 0 Å². The molecular formula is C15H20N2O3. The molecule has 1 aromatic rings. The Balaban J connectivity index is 1.86. The van der Waals surface area contributed by atoms with Gasteiger partial charge in [-0.2, -0.15) is 0 Å². The maximum Gasteiger partial charge on any atom is 0.338 e. The number of rotatable bonds is 6. The zero-order chi connectivity index (χ0) is 14.5. The molecule has 0 atom stereocenters. The van der Waals surface area contributed by atoms with Gasteiger partial charge in [0.05, 0.1) is 11.3 Å². The van der Waals surface area contributed by atoms with E-state index in [1.807, 2.05) is 0 Å². The summed E-state index contributed by atoms with van der Waals surface area (Å²) in [5, 5.41) is 14.5. The van der Waals surface area contributed by atoms with E-state index in [0.29, 0.717) is 17.8 Å². The average Bonchev–Trinajstić information content (AvgIpc) is 3.18. The maximum atomic E-state index is 11.7. The Morgan fingerprint density at radius 3 is 2.75 bits per heavy atom. The molecule has 0 saturated heterocycles. The summed E-state index contributed by atoms with van der Waals surface area (Å²) in [5.41, 5.74) is 1.10. The number of carbonyl (C=O) groups excluding carboxylic acids is 1. The van der Waals surface area contributed by atoms with E-state index in [9.17, 15) is 9.59 Å². The van der Waals surface area contributed by atoms with Crippen molar-refractivity contribution in [3.63, 3.8) is 0 Å². The minimum atomic E-state index is -1.04. The van der Waals surface area contributed by atoms with Crippen LogP contribution in [0, 0.1) is 12.8 Å². The first-order chi connectivity index (χ1) is 9.58. The third-order valence-electron chi connectivity index (χ3n) is 3.51. The van der Waals surface area contributed by atoms with Crippen molar-refractivity contribution < 1.29 is 14.7 Å². The van der Waals surface area contributed by atoms with Crippen LogP contribution in [-0.2, 0) is 0 Å². The zero-order valence-electron chi connectivity index (χ0n) is 11.6. The van der Waals surface area contributed by atoms with E-state index in [1.54, 1.807) is 25.1 Å². The Kier molecular flexibility index (Phi) is 4.61. The van der Waals surface area contributed by atoms with E-state index < -0.39 is 5.97 Å². The highest BCUT2D eigenvalue weighted by atomic mass is 16.4. The van der Waals surface area contributed by atoms with Crippen LogP contribution in [0.4, 0.5) is 10.5 Å². The van der Waals surface area contributed by atoms with Crippen molar-refractivity contribution in [2.75, 3.05) is 11.9 Å². The number of nitrogens with one attached hydrogen (secondary N) is 2. The number of aryl methyl sites for hydroxylation is 1. The number of anilines is 1. The van der Waals surface area contributed by atoms with Crippen LogP contribution in [0.1, 0.15) is 41.6 Å². The number of hydrogen-bond acceptors (Lipinski definition) is 2. The molecule has 0 spiro atoms. The fourth-order valence-electron chi connectivity index (χ4n) is 2.22. The molecule has 0 bridgehead atoms. The third-order valence-corrected chi connectivity index (χ3v) is 3.51. The van der Waals surface area contributed by atoms with Crippen LogP contribution in [-0.4, -0.2) is 23.7 Å². The average molecular weight is 276 g/mol. The molecule has 0 heterocycles. The van der Waals surface area contributed by atoms with Crippen LogP contribution in [0.5, 0.6) is 0 Å². The SMILES string of the molecule is Cc1cccc(NC(=O)NCCCC2CC2)c1C(=O)O. The Bertz CT molecular complexity index is 510. The molecule has 5 nitrogen and oxygen atoms in total. The number of amides is 2. The minimum Gasteiger partial charge on any atom is -0.478 e. The number of carboxylic acids is 1. The van der Waals surface area contributed by atoms with Gasteiger partial charge < -0.3 is 15.7 Å². The van der Waals surface area contributed by atoms with Crippen LogP contribution in [0.15, 0.2) is 18.2 Å². The number of benzene rings is 1. The van der Waals surface area contributed by atoms with Gasteiger partial charge in [0.15, 0.2) is 0 Å². The lowest BCUT2D eigenvalue weighted by Crippen LogP contribution is -2.30. The van der Waals surface area contributed by atoms with Gasteiger partial charge in [0.1, 0.15) is 0 Å². The molecule has 1 saturated carbocycles. The number of hydrogen-bond donors (Lipinski definition) is 3. The number of carbonyl (C=O) groups is 2. The van der Waals surface area contributed by atoms with Gasteiger partial charge in [-0.05, 0) is 37.3 Å². The van der Waals surface area contributed by atoms with Crippen molar-refractivity contribution in [2.24, 2.45) is 5.92 Å². The van der Waals surface area contributed by atoms with Gasteiger partial charge in [0.25, 0.3) is 0 Å². The smallest absolute Gasteiger partial charge is 0.338 e. The number of carboxylic acid groups (broad SMARTS) is 1. The molecule has 1 fully saturated rings. The topological polar surface area (TPSA) is 78.4 Å². The predicted molar refractivity (Wildman–Crippen MR) is 77.1 cm³/mol. The van der Waals surface area contributed by atoms with Gasteiger partial charge in [-0.25, -0.2) is 9.59 Å². The monoisotopic (exact) mass is 276 g/mol. The van der Waals surface area contributed by atoms with E-state index in [1.165, 1.54) is 12.8 Å². The van der Waals surface area contributed by atoms with Gasteiger partial charge in [-0.1, -0.05) is 25.0 Å². The highest BCUT2D eigenvalue weighted by Crippen LogP contribution is 2.33. The fourth-order valence-corrected chi connectivity index (χ4v) is 2.22. The normalized spacial score (nSPS) is 13.8. The molecule has 1 aromatic carbocycles. The van der Waals surface area contributed by atoms with Crippen LogP contribution < -0.4 is 10.6 Å². The van der Waals surface area contributed by atoms with Gasteiger partial charge in [0, 0.05) is 6.54 Å². The highest BCUT2D eigenvalue weighted by molar-refractivity contribution is 6.01. The summed E-state index contributed by atoms with van der Waals surface area (Å²) in [6.45, 7) is 2.33. The lowest BCUT2D eigenvalue weighted by Gasteiger charge is -2.11. The molecular weight excluding hydrogens is 256 g/mol. The minimum absolute atomic E-state index is 0.139. The molecule has 0 unspecified atom stereocenters. The van der Waals surface area contributed by atoms with Crippen molar-refractivity contribution in [1.29, 1.82) is 0 Å². The van der Waals surface area contributed by atoms with Crippen molar-refractivity contribution in [3.05, 3.63) is 29.3 Å². The first-order valence-electron chi connectivity index (χ1n) is 6.95. The van der Waals surface area contributed by atoms with E-state index in [4.69, 9.17) is 5.11 Å². The Hall–Kier alpha value is -2.04. The molecule has 1 aliphatic carbocycles. The summed E-state index contributed by atoms with van der Waals surface area (Å²) in [6, 6.07) is 4.68. The zero-order valence-corrected chi connectivity index (χ0v) is 11.6. The summed E-state index contributed by atoms with van der Waals surface area (Å²) < 4.78 is 0. The molecule has 3 N–H and O–H groups in total. The van der Waals surface area contributed by atoms with Crippen LogP contribution in [0.2, 0.25) is 0 Å². The van der Waals surface area contributed by atoms with Crippen LogP contribution >= 0.6 is 0 Å².